The number of piperidine rings is 2. The smallest absolute Gasteiger partial charge is 0.253 e. The highest BCUT2D eigenvalue weighted by Crippen LogP contribution is 2.36. The monoisotopic (exact) mass is 488 g/mol. The number of ether oxygens (including phenoxy) is 1. The molecule has 33 heavy (non-hydrogen) atoms. The molecule has 2 heterocycles. The van der Waals surface area contributed by atoms with Crippen LogP contribution >= 0.6 is 23.2 Å². The van der Waals surface area contributed by atoms with E-state index < -0.39 is 5.41 Å². The molecule has 2 fully saturated rings. The fourth-order valence-electron chi connectivity index (χ4n) is 4.84. The minimum Gasteiger partial charge on any atom is -0.493 e. The van der Waals surface area contributed by atoms with Gasteiger partial charge < -0.3 is 14.5 Å². The molecule has 2 aliphatic rings. The third-order valence-corrected chi connectivity index (χ3v) is 7.10. The van der Waals surface area contributed by atoms with Gasteiger partial charge in [-0.1, -0.05) is 29.3 Å². The summed E-state index contributed by atoms with van der Waals surface area (Å²) < 4.78 is 6.16. The lowest BCUT2D eigenvalue weighted by atomic mass is 9.77. The van der Waals surface area contributed by atoms with E-state index in [9.17, 15) is 9.59 Å². The van der Waals surface area contributed by atoms with Crippen LogP contribution in [0.2, 0.25) is 10.0 Å². The maximum absolute atomic E-state index is 13.3. The fraction of sp³-hybridized carbons (Fsp3) is 0.462. The highest BCUT2D eigenvalue weighted by atomic mass is 35.5. The minimum absolute atomic E-state index is 0.0570. The van der Waals surface area contributed by atoms with Crippen molar-refractivity contribution in [2.24, 2.45) is 5.41 Å². The summed E-state index contributed by atoms with van der Waals surface area (Å²) in [7, 11) is 0. The number of carbonyl (C=O) groups is 2. The standard InChI is InChI=1S/C26H30Cl2N2O3/c27-21-8-10-23(11-9-21)33-19-26(17-24(31)29-13-2-1-3-14-29)12-5-15-30(18-26)25(32)20-6-4-7-22(28)16-20/h4,6-11,16H,1-3,5,12-15,17-19H2. The second-order valence-corrected chi connectivity index (χ2v) is 10.1. The SMILES string of the molecule is O=C(CC1(COc2ccc(Cl)cc2)CCCN(C(=O)c2cccc(Cl)c2)C1)N1CCCCC1. The Labute approximate surface area is 205 Å². The number of rotatable bonds is 6. The van der Waals surface area contributed by atoms with Gasteiger partial charge in [-0.3, -0.25) is 9.59 Å². The van der Waals surface area contributed by atoms with Gasteiger partial charge in [0.2, 0.25) is 5.91 Å². The fourth-order valence-corrected chi connectivity index (χ4v) is 5.16. The molecule has 5 nitrogen and oxygen atoms in total. The van der Waals surface area contributed by atoms with Gasteiger partial charge >= 0.3 is 0 Å². The molecule has 4 rings (SSSR count). The molecule has 2 aromatic carbocycles. The van der Waals surface area contributed by atoms with E-state index in [1.807, 2.05) is 21.9 Å². The van der Waals surface area contributed by atoms with Crippen LogP contribution in [0.4, 0.5) is 0 Å². The van der Waals surface area contributed by atoms with Crippen molar-refractivity contribution in [2.45, 2.75) is 38.5 Å². The normalized spacial score (nSPS) is 21.0. The van der Waals surface area contributed by atoms with Crippen LogP contribution in [0, 0.1) is 5.41 Å². The molecular weight excluding hydrogens is 459 g/mol. The maximum Gasteiger partial charge on any atom is 0.253 e. The van der Waals surface area contributed by atoms with E-state index in [4.69, 9.17) is 27.9 Å². The molecule has 0 aromatic heterocycles. The van der Waals surface area contributed by atoms with Crippen molar-refractivity contribution in [2.75, 3.05) is 32.8 Å². The predicted octanol–water partition coefficient (Wildman–Crippen LogP) is 5.70. The second-order valence-electron chi connectivity index (χ2n) is 9.20. The van der Waals surface area contributed by atoms with Crippen LogP contribution in [-0.2, 0) is 4.79 Å². The predicted molar refractivity (Wildman–Crippen MR) is 131 cm³/mol. The van der Waals surface area contributed by atoms with Crippen LogP contribution in [0.3, 0.4) is 0 Å². The molecule has 0 bridgehead atoms. The molecule has 2 saturated heterocycles. The summed E-state index contributed by atoms with van der Waals surface area (Å²) in [5.41, 5.74) is 0.125. The van der Waals surface area contributed by atoms with Crippen LogP contribution in [-0.4, -0.2) is 54.4 Å². The minimum atomic E-state index is -0.444. The lowest BCUT2D eigenvalue weighted by Gasteiger charge is -2.43. The molecule has 0 spiro atoms. The summed E-state index contributed by atoms with van der Waals surface area (Å²) in [6, 6.07) is 14.3. The quantitative estimate of drug-likeness (QED) is 0.523. The van der Waals surface area contributed by atoms with Crippen LogP contribution in [0.15, 0.2) is 48.5 Å². The Kier molecular flexibility index (Phi) is 7.82. The summed E-state index contributed by atoms with van der Waals surface area (Å²) in [4.78, 5) is 30.3. The van der Waals surface area contributed by atoms with Crippen molar-refractivity contribution < 1.29 is 14.3 Å². The van der Waals surface area contributed by atoms with E-state index in [0.29, 0.717) is 47.5 Å². The first-order chi connectivity index (χ1) is 15.9. The highest BCUT2D eigenvalue weighted by molar-refractivity contribution is 6.31. The van der Waals surface area contributed by atoms with Crippen molar-refractivity contribution >= 4 is 35.0 Å². The van der Waals surface area contributed by atoms with Crippen LogP contribution in [0.5, 0.6) is 5.75 Å². The van der Waals surface area contributed by atoms with Gasteiger partial charge in [0.25, 0.3) is 5.91 Å². The zero-order chi connectivity index (χ0) is 23.3. The van der Waals surface area contributed by atoms with Crippen LogP contribution in [0.1, 0.15) is 48.9 Å². The van der Waals surface area contributed by atoms with Gasteiger partial charge in [-0.25, -0.2) is 0 Å². The van der Waals surface area contributed by atoms with E-state index in [0.717, 1.165) is 38.8 Å². The highest BCUT2D eigenvalue weighted by Gasteiger charge is 2.41. The van der Waals surface area contributed by atoms with Crippen molar-refractivity contribution in [3.05, 3.63) is 64.1 Å². The summed E-state index contributed by atoms with van der Waals surface area (Å²) in [5, 5.41) is 1.18. The van der Waals surface area contributed by atoms with E-state index in [1.165, 1.54) is 6.42 Å². The summed E-state index contributed by atoms with van der Waals surface area (Å²) in [6.45, 7) is 3.14. The average Bonchev–Trinajstić information content (AvgIpc) is 2.84. The van der Waals surface area contributed by atoms with Gasteiger partial charge in [0.1, 0.15) is 5.75 Å². The van der Waals surface area contributed by atoms with E-state index >= 15 is 0 Å². The summed E-state index contributed by atoms with van der Waals surface area (Å²) in [5.74, 6) is 0.812. The Balaban J connectivity index is 1.53. The molecular formula is C26H30Cl2N2O3. The zero-order valence-corrected chi connectivity index (χ0v) is 20.3. The first kappa shape index (κ1) is 23.9. The molecule has 0 radical (unpaired) electrons. The zero-order valence-electron chi connectivity index (χ0n) is 18.8. The number of hydrogen-bond donors (Lipinski definition) is 0. The first-order valence-electron chi connectivity index (χ1n) is 11.7. The Bertz CT molecular complexity index is 976. The van der Waals surface area contributed by atoms with Crippen molar-refractivity contribution in [1.29, 1.82) is 0 Å². The van der Waals surface area contributed by atoms with Crippen molar-refractivity contribution in [3.63, 3.8) is 0 Å². The van der Waals surface area contributed by atoms with Crippen LogP contribution < -0.4 is 4.74 Å². The Hall–Kier alpha value is -2.24. The molecule has 1 atom stereocenters. The number of hydrogen-bond acceptors (Lipinski definition) is 3. The second kappa shape index (κ2) is 10.8. The summed E-state index contributed by atoms with van der Waals surface area (Å²) >= 11 is 12.1. The van der Waals surface area contributed by atoms with Crippen molar-refractivity contribution in [3.8, 4) is 5.75 Å². The molecule has 0 aliphatic carbocycles. The lowest BCUT2D eigenvalue weighted by Crippen LogP contribution is -2.51. The van der Waals surface area contributed by atoms with Gasteiger partial charge in [-0.15, -0.1) is 0 Å². The Morgan fingerprint density at radius 3 is 2.33 bits per heavy atom. The number of amides is 2. The molecule has 1 unspecified atom stereocenters. The first-order valence-corrected chi connectivity index (χ1v) is 12.4. The molecule has 7 heteroatoms. The Morgan fingerprint density at radius 2 is 1.61 bits per heavy atom. The van der Waals surface area contributed by atoms with E-state index in [2.05, 4.69) is 0 Å². The lowest BCUT2D eigenvalue weighted by molar-refractivity contribution is -0.136. The summed E-state index contributed by atoms with van der Waals surface area (Å²) in [6.07, 6.45) is 5.32. The molecule has 176 valence electrons. The molecule has 0 N–H and O–H groups in total. The van der Waals surface area contributed by atoms with Gasteiger partial charge in [0.05, 0.1) is 6.61 Å². The third kappa shape index (κ3) is 6.21. The molecule has 0 saturated carbocycles. The third-order valence-electron chi connectivity index (χ3n) is 6.61. The van der Waals surface area contributed by atoms with Gasteiger partial charge in [-0.2, -0.15) is 0 Å². The molecule has 2 amide bonds. The van der Waals surface area contributed by atoms with Crippen molar-refractivity contribution in [1.82, 2.24) is 9.80 Å². The topological polar surface area (TPSA) is 49.9 Å². The van der Waals surface area contributed by atoms with Gasteiger partial charge in [0, 0.05) is 53.6 Å². The van der Waals surface area contributed by atoms with E-state index in [-0.39, 0.29) is 11.8 Å². The number of nitrogens with zero attached hydrogens (tertiary/aromatic N) is 2. The number of likely N-dealkylation sites (tertiary alicyclic amines) is 2. The maximum atomic E-state index is 13.3. The van der Waals surface area contributed by atoms with Gasteiger partial charge in [-0.05, 0) is 74.6 Å². The van der Waals surface area contributed by atoms with Gasteiger partial charge in [0.15, 0.2) is 0 Å². The molecule has 2 aliphatic heterocycles. The number of carbonyl (C=O) groups excluding carboxylic acids is 2. The van der Waals surface area contributed by atoms with Crippen LogP contribution in [0.25, 0.3) is 0 Å². The van der Waals surface area contributed by atoms with E-state index in [1.54, 1.807) is 36.4 Å². The number of benzene rings is 2. The average molecular weight is 489 g/mol. The molecule has 2 aromatic rings. The largest absolute Gasteiger partial charge is 0.493 e. The Morgan fingerprint density at radius 1 is 0.879 bits per heavy atom. The number of halogens is 2.